The molecule has 1 amide bonds. The maximum atomic E-state index is 13.8. The molecule has 158 valence electrons. The van der Waals surface area contributed by atoms with Crippen LogP contribution in [-0.4, -0.2) is 40.3 Å². The second-order valence-corrected chi connectivity index (χ2v) is 7.37. The Labute approximate surface area is 181 Å². The average molecular weight is 439 g/mol. The number of benzene rings is 2. The van der Waals surface area contributed by atoms with Gasteiger partial charge in [0.25, 0.3) is 5.91 Å². The van der Waals surface area contributed by atoms with E-state index in [2.05, 4.69) is 25.5 Å². The number of rotatable bonds is 7. The molecule has 0 saturated heterocycles. The van der Waals surface area contributed by atoms with Crippen molar-refractivity contribution >= 4 is 23.2 Å². The van der Waals surface area contributed by atoms with Gasteiger partial charge in [-0.15, -0.1) is 16.4 Å². The quantitative estimate of drug-likeness (QED) is 0.452. The largest absolute Gasteiger partial charge is 0.497 e. The van der Waals surface area contributed by atoms with Gasteiger partial charge >= 0.3 is 0 Å². The number of hydrogen-bond acceptors (Lipinski definition) is 7. The minimum Gasteiger partial charge on any atom is -0.497 e. The fourth-order valence-electron chi connectivity index (χ4n) is 2.90. The van der Waals surface area contributed by atoms with Crippen molar-refractivity contribution in [2.75, 3.05) is 19.5 Å². The summed E-state index contributed by atoms with van der Waals surface area (Å²) in [5, 5.41) is 11.7. The average Bonchev–Trinajstić information content (AvgIpc) is 3.44. The van der Waals surface area contributed by atoms with Gasteiger partial charge in [-0.1, -0.05) is 18.2 Å². The van der Waals surface area contributed by atoms with Crippen LogP contribution in [0.3, 0.4) is 0 Å². The number of anilines is 1. The van der Waals surface area contributed by atoms with Crippen LogP contribution in [0.15, 0.2) is 47.8 Å². The molecule has 0 aliphatic heterocycles. The minimum absolute atomic E-state index is 0.0986. The van der Waals surface area contributed by atoms with E-state index in [1.165, 1.54) is 17.4 Å². The first-order valence-corrected chi connectivity index (χ1v) is 10.1. The Morgan fingerprint density at radius 2 is 2.00 bits per heavy atom. The van der Waals surface area contributed by atoms with Crippen molar-refractivity contribution in [3.8, 4) is 22.9 Å². The zero-order chi connectivity index (χ0) is 21.8. The van der Waals surface area contributed by atoms with Crippen molar-refractivity contribution < 1.29 is 18.7 Å². The van der Waals surface area contributed by atoms with Gasteiger partial charge in [0.15, 0.2) is 5.82 Å². The van der Waals surface area contributed by atoms with E-state index < -0.39 is 5.91 Å². The predicted octanol–water partition coefficient (Wildman–Crippen LogP) is 3.93. The second kappa shape index (κ2) is 8.92. The normalized spacial score (nSPS) is 10.7. The van der Waals surface area contributed by atoms with E-state index in [1.54, 1.807) is 56.0 Å². The molecule has 0 atom stereocenters. The molecule has 31 heavy (non-hydrogen) atoms. The van der Waals surface area contributed by atoms with Crippen molar-refractivity contribution in [3.05, 3.63) is 69.9 Å². The maximum absolute atomic E-state index is 13.8. The van der Waals surface area contributed by atoms with Gasteiger partial charge in [0.05, 0.1) is 24.8 Å². The molecule has 2 aromatic heterocycles. The first-order valence-electron chi connectivity index (χ1n) is 9.21. The lowest BCUT2D eigenvalue weighted by molar-refractivity contribution is 0.102. The zero-order valence-corrected chi connectivity index (χ0v) is 17.5. The molecule has 2 N–H and O–H groups in total. The molecule has 10 heteroatoms. The van der Waals surface area contributed by atoms with Crippen LogP contribution < -0.4 is 14.8 Å². The van der Waals surface area contributed by atoms with E-state index in [1.807, 2.05) is 0 Å². The number of aromatic nitrogens is 4. The summed E-state index contributed by atoms with van der Waals surface area (Å²) in [5.74, 6) is 0.957. The maximum Gasteiger partial charge on any atom is 0.277 e. The van der Waals surface area contributed by atoms with Gasteiger partial charge in [0, 0.05) is 17.9 Å². The van der Waals surface area contributed by atoms with Crippen molar-refractivity contribution in [2.45, 2.75) is 6.42 Å². The van der Waals surface area contributed by atoms with Crippen LogP contribution >= 0.6 is 11.3 Å². The van der Waals surface area contributed by atoms with E-state index in [4.69, 9.17) is 9.47 Å². The van der Waals surface area contributed by atoms with Gasteiger partial charge in [0.2, 0.25) is 5.95 Å². The number of methoxy groups -OCH3 is 2. The topological polar surface area (TPSA) is 102 Å². The molecule has 0 spiro atoms. The van der Waals surface area contributed by atoms with E-state index >= 15 is 0 Å². The molecule has 0 bridgehead atoms. The van der Waals surface area contributed by atoms with Crippen molar-refractivity contribution in [3.63, 3.8) is 0 Å². The molecule has 4 rings (SSSR count). The third kappa shape index (κ3) is 4.53. The molecule has 2 aromatic carbocycles. The summed E-state index contributed by atoms with van der Waals surface area (Å²) >= 11 is 1.29. The number of nitrogens with one attached hydrogen (secondary N) is 2. The number of H-pyrrole nitrogens is 1. The smallest absolute Gasteiger partial charge is 0.277 e. The molecule has 0 unspecified atom stereocenters. The molecule has 0 radical (unpaired) electrons. The van der Waals surface area contributed by atoms with Gasteiger partial charge in [0.1, 0.15) is 23.0 Å². The van der Waals surface area contributed by atoms with Gasteiger partial charge in [-0.3, -0.25) is 15.2 Å². The van der Waals surface area contributed by atoms with E-state index in [-0.39, 0.29) is 17.5 Å². The lowest BCUT2D eigenvalue weighted by Crippen LogP contribution is -2.13. The van der Waals surface area contributed by atoms with Crippen molar-refractivity contribution in [1.82, 2.24) is 20.2 Å². The van der Waals surface area contributed by atoms with Crippen LogP contribution in [0.4, 0.5) is 10.3 Å². The minimum atomic E-state index is -0.455. The molecule has 4 aromatic rings. The first-order chi connectivity index (χ1) is 15.1. The molecule has 0 fully saturated rings. The van der Waals surface area contributed by atoms with Crippen LogP contribution in [0.5, 0.6) is 11.5 Å². The van der Waals surface area contributed by atoms with Gasteiger partial charge in [-0.25, -0.2) is 9.37 Å². The Kier molecular flexibility index (Phi) is 5.89. The third-order valence-electron chi connectivity index (χ3n) is 4.46. The van der Waals surface area contributed by atoms with Crippen molar-refractivity contribution in [2.24, 2.45) is 0 Å². The number of carbonyl (C=O) groups is 1. The van der Waals surface area contributed by atoms with Crippen LogP contribution in [0.1, 0.15) is 21.1 Å². The highest BCUT2D eigenvalue weighted by atomic mass is 32.1. The summed E-state index contributed by atoms with van der Waals surface area (Å²) < 4.78 is 24.4. The first kappa shape index (κ1) is 20.5. The van der Waals surface area contributed by atoms with Crippen LogP contribution in [0, 0.1) is 5.82 Å². The number of halogens is 1. The standard InChI is InChI=1S/C21H18FN5O3S/c1-29-13-7-8-14(17(10-13)30-2)19-24-21(27-26-19)25-20(28)16-11-31-18(23-16)9-12-5-3-4-6-15(12)22/h3-8,10-11H,9H2,1-2H3,(H2,24,25,26,27,28). The number of carbonyl (C=O) groups excluding carboxylic acids is 1. The summed E-state index contributed by atoms with van der Waals surface area (Å²) in [6.45, 7) is 0. The Morgan fingerprint density at radius 3 is 2.77 bits per heavy atom. The Hall–Kier alpha value is -3.79. The summed E-state index contributed by atoms with van der Waals surface area (Å²) in [7, 11) is 3.11. The molecular formula is C21H18FN5O3S. The fourth-order valence-corrected chi connectivity index (χ4v) is 3.70. The highest BCUT2D eigenvalue weighted by molar-refractivity contribution is 7.09. The molecule has 8 nitrogen and oxygen atoms in total. The van der Waals surface area contributed by atoms with E-state index in [0.717, 1.165) is 0 Å². The summed E-state index contributed by atoms with van der Waals surface area (Å²) in [6.07, 6.45) is 0.312. The lowest BCUT2D eigenvalue weighted by Gasteiger charge is -2.07. The highest BCUT2D eigenvalue weighted by Crippen LogP contribution is 2.31. The molecular weight excluding hydrogens is 421 g/mol. The highest BCUT2D eigenvalue weighted by Gasteiger charge is 2.16. The van der Waals surface area contributed by atoms with E-state index in [0.29, 0.717) is 39.9 Å². The third-order valence-corrected chi connectivity index (χ3v) is 5.31. The molecule has 2 heterocycles. The number of thiazole rings is 1. The Balaban J connectivity index is 1.46. The molecule has 0 aliphatic rings. The number of amides is 1. The number of hydrogen-bond donors (Lipinski definition) is 2. The Morgan fingerprint density at radius 1 is 1.16 bits per heavy atom. The van der Waals surface area contributed by atoms with Crippen LogP contribution in [0.2, 0.25) is 0 Å². The summed E-state index contributed by atoms with van der Waals surface area (Å²) in [4.78, 5) is 21.1. The molecule has 0 aliphatic carbocycles. The monoisotopic (exact) mass is 439 g/mol. The number of aromatic amines is 1. The second-order valence-electron chi connectivity index (χ2n) is 6.42. The van der Waals surface area contributed by atoms with Gasteiger partial charge in [-0.05, 0) is 23.8 Å². The number of ether oxygens (including phenoxy) is 2. The van der Waals surface area contributed by atoms with E-state index in [9.17, 15) is 9.18 Å². The van der Waals surface area contributed by atoms with Gasteiger partial charge < -0.3 is 9.47 Å². The van der Waals surface area contributed by atoms with Gasteiger partial charge in [-0.2, -0.15) is 4.98 Å². The van der Waals surface area contributed by atoms with Crippen molar-refractivity contribution in [1.29, 1.82) is 0 Å². The predicted molar refractivity (Wildman–Crippen MR) is 114 cm³/mol. The van der Waals surface area contributed by atoms with Crippen LogP contribution in [0.25, 0.3) is 11.4 Å². The summed E-state index contributed by atoms with van der Waals surface area (Å²) in [5.41, 5.74) is 1.40. The van der Waals surface area contributed by atoms with Crippen LogP contribution in [-0.2, 0) is 6.42 Å². The number of nitrogens with zero attached hydrogens (tertiary/aromatic N) is 3. The fraction of sp³-hybridized carbons (Fsp3) is 0.143. The summed E-state index contributed by atoms with van der Waals surface area (Å²) in [6, 6.07) is 11.8. The SMILES string of the molecule is COc1ccc(-c2nc(NC(=O)c3csc(Cc4ccccc4F)n3)n[nH]2)c(OC)c1. The lowest BCUT2D eigenvalue weighted by atomic mass is 10.1. The Bertz CT molecular complexity index is 1220. The zero-order valence-electron chi connectivity index (χ0n) is 16.7. The molecule has 0 saturated carbocycles.